The third-order valence-electron chi connectivity index (χ3n) is 4.82. The average molecular weight is 436 g/mol. The van der Waals surface area contributed by atoms with E-state index < -0.39 is 0 Å². The van der Waals surface area contributed by atoms with Gasteiger partial charge in [-0.25, -0.2) is 4.99 Å². The number of unbranched alkanes of at least 4 members (excludes halogenated alkanes) is 1. The van der Waals surface area contributed by atoms with E-state index in [1.165, 1.54) is 0 Å². The fraction of sp³-hybridized carbons (Fsp3) is 0.500. The Hall–Kier alpha value is -2.35. The van der Waals surface area contributed by atoms with E-state index in [-0.39, 0.29) is 5.54 Å². The maximum absolute atomic E-state index is 5.62. The van der Waals surface area contributed by atoms with Crippen LogP contribution in [0.25, 0.3) is 0 Å². The zero-order chi connectivity index (χ0) is 23.2. The van der Waals surface area contributed by atoms with Crippen molar-refractivity contribution in [2.75, 3.05) is 6.61 Å². The van der Waals surface area contributed by atoms with Crippen molar-refractivity contribution >= 4 is 5.90 Å². The third kappa shape index (κ3) is 17.3. The standard InChI is InChI=1S/C30H45NO/c1-4-5-6-7-8-9-10-11-12-13-14-15-16-17-18-19-20-21-22-23-24-25-26-27-29-31-30(2,3)28-32-29/h5-6,8-9,11-12,14-15,17-18,20-21,23-24H,4,7,10,13,16,19,22,25-28H2,1-3H3/b6-5-,9-8-,12-11-,15-14-,18-17-,21-20-,24-23-. The Morgan fingerprint density at radius 3 is 1.44 bits per heavy atom. The maximum atomic E-state index is 5.62. The highest BCUT2D eigenvalue weighted by molar-refractivity contribution is 5.78. The van der Waals surface area contributed by atoms with Crippen molar-refractivity contribution in [1.29, 1.82) is 0 Å². The van der Waals surface area contributed by atoms with E-state index >= 15 is 0 Å². The van der Waals surface area contributed by atoms with Gasteiger partial charge in [0.25, 0.3) is 0 Å². The molecule has 1 aliphatic rings. The van der Waals surface area contributed by atoms with Crippen molar-refractivity contribution in [3.63, 3.8) is 0 Å². The summed E-state index contributed by atoms with van der Waals surface area (Å²) < 4.78 is 5.62. The van der Waals surface area contributed by atoms with Gasteiger partial charge in [-0.3, -0.25) is 0 Å². The zero-order valence-corrected chi connectivity index (χ0v) is 20.7. The predicted molar refractivity (Wildman–Crippen MR) is 143 cm³/mol. The lowest BCUT2D eigenvalue weighted by Crippen LogP contribution is -2.17. The summed E-state index contributed by atoms with van der Waals surface area (Å²) in [6.07, 6.45) is 41.7. The van der Waals surface area contributed by atoms with Crippen LogP contribution in [0, 0.1) is 0 Å². The highest BCUT2D eigenvalue weighted by Gasteiger charge is 2.25. The fourth-order valence-electron chi connectivity index (χ4n) is 3.07. The molecule has 0 bridgehead atoms. The number of rotatable bonds is 17. The van der Waals surface area contributed by atoms with Crippen LogP contribution in [-0.4, -0.2) is 18.0 Å². The number of allylic oxidation sites excluding steroid dienone is 14. The Labute approximate surface area is 197 Å². The van der Waals surface area contributed by atoms with Crippen molar-refractivity contribution in [2.45, 2.75) is 90.5 Å². The molecule has 2 nitrogen and oxygen atoms in total. The Bertz CT molecular complexity index is 698. The Kier molecular flexibility index (Phi) is 16.7. The van der Waals surface area contributed by atoms with Gasteiger partial charge in [0.15, 0.2) is 5.90 Å². The smallest absolute Gasteiger partial charge is 0.183 e. The lowest BCUT2D eigenvalue weighted by Gasteiger charge is -2.07. The first kappa shape index (κ1) is 27.7. The summed E-state index contributed by atoms with van der Waals surface area (Å²) in [7, 11) is 0. The van der Waals surface area contributed by atoms with Crippen molar-refractivity contribution in [2.24, 2.45) is 4.99 Å². The Morgan fingerprint density at radius 2 is 1.06 bits per heavy atom. The Morgan fingerprint density at radius 1 is 0.656 bits per heavy atom. The van der Waals surface area contributed by atoms with Gasteiger partial charge in [-0.1, -0.05) is 92.0 Å². The van der Waals surface area contributed by atoms with Gasteiger partial charge in [0.05, 0.1) is 5.54 Å². The quantitative estimate of drug-likeness (QED) is 0.165. The molecule has 0 N–H and O–H groups in total. The second kappa shape index (κ2) is 19.3. The van der Waals surface area contributed by atoms with Gasteiger partial charge < -0.3 is 4.74 Å². The Balaban J connectivity index is 1.93. The van der Waals surface area contributed by atoms with Gasteiger partial charge in [0.1, 0.15) is 6.61 Å². The molecular formula is C30H45NO. The zero-order valence-electron chi connectivity index (χ0n) is 20.7. The molecule has 0 spiro atoms. The van der Waals surface area contributed by atoms with Crippen LogP contribution in [0.4, 0.5) is 0 Å². The van der Waals surface area contributed by atoms with Gasteiger partial charge in [0.2, 0.25) is 0 Å². The molecular weight excluding hydrogens is 390 g/mol. The average Bonchev–Trinajstić information content (AvgIpc) is 3.12. The molecule has 0 aliphatic carbocycles. The molecule has 0 amide bonds. The van der Waals surface area contributed by atoms with Crippen molar-refractivity contribution in [3.8, 4) is 0 Å². The van der Waals surface area contributed by atoms with E-state index in [0.29, 0.717) is 0 Å². The molecule has 1 heterocycles. The van der Waals surface area contributed by atoms with Crippen LogP contribution in [0.15, 0.2) is 90.1 Å². The molecule has 0 unspecified atom stereocenters. The number of ether oxygens (including phenoxy) is 1. The molecule has 0 fully saturated rings. The molecule has 0 saturated carbocycles. The highest BCUT2D eigenvalue weighted by atomic mass is 16.5. The van der Waals surface area contributed by atoms with E-state index in [2.05, 4.69) is 111 Å². The van der Waals surface area contributed by atoms with Crippen LogP contribution < -0.4 is 0 Å². The molecule has 2 heteroatoms. The minimum absolute atomic E-state index is 0.0266. The summed E-state index contributed by atoms with van der Waals surface area (Å²) in [6, 6.07) is 0. The summed E-state index contributed by atoms with van der Waals surface area (Å²) in [5, 5.41) is 0. The second-order valence-corrected chi connectivity index (χ2v) is 8.62. The lowest BCUT2D eigenvalue weighted by atomic mass is 10.1. The van der Waals surface area contributed by atoms with Crippen molar-refractivity contribution in [3.05, 3.63) is 85.1 Å². The van der Waals surface area contributed by atoms with E-state index in [9.17, 15) is 0 Å². The summed E-state index contributed by atoms with van der Waals surface area (Å²) in [6.45, 7) is 7.12. The molecule has 1 rings (SSSR count). The first-order valence-electron chi connectivity index (χ1n) is 12.4. The van der Waals surface area contributed by atoms with Gasteiger partial charge in [-0.15, -0.1) is 0 Å². The molecule has 0 aromatic carbocycles. The van der Waals surface area contributed by atoms with E-state index in [0.717, 1.165) is 76.7 Å². The molecule has 176 valence electrons. The summed E-state index contributed by atoms with van der Waals surface area (Å²) >= 11 is 0. The van der Waals surface area contributed by atoms with E-state index in [4.69, 9.17) is 4.74 Å². The minimum atomic E-state index is -0.0266. The maximum Gasteiger partial charge on any atom is 0.183 e. The van der Waals surface area contributed by atoms with E-state index in [1.807, 2.05) is 0 Å². The summed E-state index contributed by atoms with van der Waals surface area (Å²) in [4.78, 5) is 4.59. The van der Waals surface area contributed by atoms with Crippen LogP contribution in [0.3, 0.4) is 0 Å². The molecule has 0 aromatic rings. The molecule has 32 heavy (non-hydrogen) atoms. The first-order valence-corrected chi connectivity index (χ1v) is 12.4. The van der Waals surface area contributed by atoms with E-state index in [1.54, 1.807) is 0 Å². The minimum Gasteiger partial charge on any atom is -0.478 e. The number of nitrogens with zero attached hydrogens (tertiary/aromatic N) is 1. The van der Waals surface area contributed by atoms with Crippen molar-refractivity contribution in [1.82, 2.24) is 0 Å². The molecule has 0 saturated heterocycles. The topological polar surface area (TPSA) is 21.6 Å². The molecule has 0 radical (unpaired) electrons. The monoisotopic (exact) mass is 435 g/mol. The predicted octanol–water partition coefficient (Wildman–Crippen LogP) is 9.01. The SMILES string of the molecule is CC/C=C\C/C=C\C/C=C\C/C=C\C/C=C\C/C=C\C/C=C\CCCC1=NC(C)(C)CO1. The lowest BCUT2D eigenvalue weighted by molar-refractivity contribution is 0.273. The normalized spacial score (nSPS) is 16.9. The summed E-state index contributed by atoms with van der Waals surface area (Å²) in [5.74, 6) is 0.931. The van der Waals surface area contributed by atoms with Gasteiger partial charge in [0, 0.05) is 6.42 Å². The highest BCUT2D eigenvalue weighted by Crippen LogP contribution is 2.19. The first-order chi connectivity index (χ1) is 15.6. The van der Waals surface area contributed by atoms with Crippen LogP contribution in [0.1, 0.15) is 85.0 Å². The van der Waals surface area contributed by atoms with Crippen LogP contribution >= 0.6 is 0 Å². The van der Waals surface area contributed by atoms with Crippen LogP contribution in [0.2, 0.25) is 0 Å². The number of hydrogen-bond donors (Lipinski definition) is 0. The van der Waals surface area contributed by atoms with Gasteiger partial charge in [-0.05, 0) is 71.6 Å². The number of hydrogen-bond acceptors (Lipinski definition) is 2. The van der Waals surface area contributed by atoms with Crippen molar-refractivity contribution < 1.29 is 4.74 Å². The van der Waals surface area contributed by atoms with Gasteiger partial charge in [-0.2, -0.15) is 0 Å². The number of aliphatic imine (C=N–C) groups is 1. The summed E-state index contributed by atoms with van der Waals surface area (Å²) in [5.41, 5.74) is -0.0266. The van der Waals surface area contributed by atoms with Crippen LogP contribution in [0.5, 0.6) is 0 Å². The molecule has 1 aliphatic heterocycles. The molecule has 0 atom stereocenters. The largest absolute Gasteiger partial charge is 0.478 e. The van der Waals surface area contributed by atoms with Crippen LogP contribution in [-0.2, 0) is 4.74 Å². The second-order valence-electron chi connectivity index (χ2n) is 8.62. The molecule has 0 aromatic heterocycles. The third-order valence-corrected chi connectivity index (χ3v) is 4.82. The van der Waals surface area contributed by atoms with Gasteiger partial charge >= 0.3 is 0 Å². The fourth-order valence-corrected chi connectivity index (χ4v) is 3.07.